The number of pyridine rings is 1. The second-order valence-corrected chi connectivity index (χ2v) is 7.08. The lowest BCUT2D eigenvalue weighted by Crippen LogP contribution is -2.28. The predicted molar refractivity (Wildman–Crippen MR) is 105 cm³/mol. The van der Waals surface area contributed by atoms with Crippen molar-refractivity contribution >= 4 is 50.0 Å². The summed E-state index contributed by atoms with van der Waals surface area (Å²) in [5.41, 5.74) is 2.33. The summed E-state index contributed by atoms with van der Waals surface area (Å²) in [5.74, 6) is -0.581. The number of halogens is 1. The van der Waals surface area contributed by atoms with Gasteiger partial charge in [-0.2, -0.15) is 0 Å². The minimum Gasteiger partial charge on any atom is -0.325 e. The van der Waals surface area contributed by atoms with Crippen molar-refractivity contribution < 1.29 is 9.59 Å². The first-order chi connectivity index (χ1) is 12.6. The van der Waals surface area contributed by atoms with E-state index in [9.17, 15) is 9.59 Å². The van der Waals surface area contributed by atoms with E-state index in [0.29, 0.717) is 12.2 Å². The predicted octanol–water partition coefficient (Wildman–Crippen LogP) is 3.99. The molecule has 1 fully saturated rings. The zero-order valence-corrected chi connectivity index (χ0v) is 15.4. The van der Waals surface area contributed by atoms with Crippen molar-refractivity contribution in [3.63, 3.8) is 0 Å². The molecule has 1 aromatic heterocycles. The zero-order valence-electron chi connectivity index (χ0n) is 13.9. The van der Waals surface area contributed by atoms with Crippen LogP contribution in [-0.2, 0) is 9.59 Å². The van der Waals surface area contributed by atoms with Crippen molar-refractivity contribution in [2.75, 3.05) is 16.8 Å². The second kappa shape index (κ2) is 6.88. The van der Waals surface area contributed by atoms with Crippen LogP contribution in [0.25, 0.3) is 10.9 Å². The number of aromatic nitrogens is 1. The number of nitrogens with one attached hydrogen (secondary N) is 1. The zero-order chi connectivity index (χ0) is 18.1. The van der Waals surface area contributed by atoms with Gasteiger partial charge in [-0.3, -0.25) is 14.6 Å². The molecule has 1 unspecified atom stereocenters. The maximum absolute atomic E-state index is 12.7. The Balaban J connectivity index is 1.54. The van der Waals surface area contributed by atoms with E-state index in [1.54, 1.807) is 11.1 Å². The Hall–Kier alpha value is -2.73. The molecular weight excluding hydrogens is 394 g/mol. The van der Waals surface area contributed by atoms with Crippen LogP contribution in [0.1, 0.15) is 6.42 Å². The molecule has 0 radical (unpaired) electrons. The van der Waals surface area contributed by atoms with E-state index < -0.39 is 0 Å². The van der Waals surface area contributed by atoms with E-state index in [1.807, 2.05) is 54.6 Å². The molecule has 1 aliphatic rings. The normalized spacial score (nSPS) is 16.9. The first kappa shape index (κ1) is 16.7. The number of fused-ring (bicyclic) bond motifs is 1. The average Bonchev–Trinajstić information content (AvgIpc) is 3.04. The van der Waals surface area contributed by atoms with Crippen LogP contribution in [0.3, 0.4) is 0 Å². The molecule has 0 saturated carbocycles. The van der Waals surface area contributed by atoms with Gasteiger partial charge in [-0.15, -0.1) is 0 Å². The van der Waals surface area contributed by atoms with Gasteiger partial charge in [-0.1, -0.05) is 18.2 Å². The van der Waals surface area contributed by atoms with E-state index in [0.717, 1.165) is 21.1 Å². The quantitative estimate of drug-likeness (QED) is 0.711. The minimum absolute atomic E-state index is 0.0448. The van der Waals surface area contributed by atoms with E-state index in [1.165, 1.54) is 0 Å². The van der Waals surface area contributed by atoms with Crippen molar-refractivity contribution in [1.82, 2.24) is 4.98 Å². The third-order valence-electron chi connectivity index (χ3n) is 4.54. The number of carbonyl (C=O) groups is 2. The Morgan fingerprint density at radius 1 is 1.12 bits per heavy atom. The third kappa shape index (κ3) is 3.08. The summed E-state index contributed by atoms with van der Waals surface area (Å²) in [6.07, 6.45) is 1.93. The van der Waals surface area contributed by atoms with Crippen molar-refractivity contribution in [2.45, 2.75) is 6.42 Å². The Morgan fingerprint density at radius 2 is 1.96 bits per heavy atom. The number of hydrogen-bond acceptors (Lipinski definition) is 3. The van der Waals surface area contributed by atoms with Gasteiger partial charge in [0.05, 0.1) is 22.8 Å². The van der Waals surface area contributed by atoms with Gasteiger partial charge in [0.25, 0.3) is 0 Å². The lowest BCUT2D eigenvalue weighted by Gasteiger charge is -2.18. The molecule has 3 aromatic rings. The molecular formula is C20H16BrN3O2. The molecule has 0 spiro atoms. The summed E-state index contributed by atoms with van der Waals surface area (Å²) in [6.45, 7) is 0.371. The molecule has 130 valence electrons. The Kier molecular flexibility index (Phi) is 4.42. The van der Waals surface area contributed by atoms with E-state index in [2.05, 4.69) is 26.2 Å². The van der Waals surface area contributed by atoms with Gasteiger partial charge in [0.15, 0.2) is 0 Å². The van der Waals surface area contributed by atoms with E-state index >= 15 is 0 Å². The first-order valence-electron chi connectivity index (χ1n) is 8.33. The molecule has 0 aliphatic carbocycles. The van der Waals surface area contributed by atoms with Crippen LogP contribution in [0.5, 0.6) is 0 Å². The minimum atomic E-state index is -0.387. The average molecular weight is 410 g/mol. The Labute approximate surface area is 159 Å². The highest BCUT2D eigenvalue weighted by atomic mass is 79.9. The standard InChI is InChI=1S/C20H16BrN3O2/c21-15-6-1-2-9-18(15)24-12-13(11-19(24)25)20(26)23-17-8-3-7-16-14(17)5-4-10-22-16/h1-10,13H,11-12H2,(H,23,26). The van der Waals surface area contributed by atoms with Crippen LogP contribution >= 0.6 is 15.9 Å². The van der Waals surface area contributed by atoms with Gasteiger partial charge in [0.2, 0.25) is 11.8 Å². The van der Waals surface area contributed by atoms with Crippen LogP contribution < -0.4 is 10.2 Å². The van der Waals surface area contributed by atoms with Crippen LogP contribution in [0.15, 0.2) is 65.3 Å². The number of benzene rings is 2. The lowest BCUT2D eigenvalue weighted by atomic mass is 10.1. The summed E-state index contributed by atoms with van der Waals surface area (Å²) < 4.78 is 0.842. The summed E-state index contributed by atoms with van der Waals surface area (Å²) in [4.78, 5) is 31.1. The fourth-order valence-corrected chi connectivity index (χ4v) is 3.73. The van der Waals surface area contributed by atoms with Crippen LogP contribution in [-0.4, -0.2) is 23.3 Å². The van der Waals surface area contributed by atoms with Crippen molar-refractivity contribution in [2.24, 2.45) is 5.92 Å². The van der Waals surface area contributed by atoms with Gasteiger partial charge in [-0.25, -0.2) is 0 Å². The number of para-hydroxylation sites is 1. The maximum Gasteiger partial charge on any atom is 0.229 e. The number of rotatable bonds is 3. The van der Waals surface area contributed by atoms with Crippen molar-refractivity contribution in [3.8, 4) is 0 Å². The molecule has 6 heteroatoms. The molecule has 2 heterocycles. The van der Waals surface area contributed by atoms with Crippen LogP contribution in [0, 0.1) is 5.92 Å². The number of amides is 2. The summed E-state index contributed by atoms with van der Waals surface area (Å²) in [7, 11) is 0. The van der Waals surface area contributed by atoms with Gasteiger partial charge >= 0.3 is 0 Å². The molecule has 1 saturated heterocycles. The molecule has 2 aromatic carbocycles. The van der Waals surface area contributed by atoms with Crippen molar-refractivity contribution in [1.29, 1.82) is 0 Å². The largest absolute Gasteiger partial charge is 0.325 e. The fraction of sp³-hybridized carbons (Fsp3) is 0.150. The number of carbonyl (C=O) groups excluding carboxylic acids is 2. The lowest BCUT2D eigenvalue weighted by molar-refractivity contribution is -0.122. The molecule has 2 amide bonds. The van der Waals surface area contributed by atoms with Crippen molar-refractivity contribution in [3.05, 3.63) is 65.3 Å². The maximum atomic E-state index is 12.7. The first-order valence-corrected chi connectivity index (χ1v) is 9.12. The molecule has 4 rings (SSSR count). The van der Waals surface area contributed by atoms with Gasteiger partial charge in [0.1, 0.15) is 0 Å². The van der Waals surface area contributed by atoms with Gasteiger partial charge in [-0.05, 0) is 52.3 Å². The molecule has 26 heavy (non-hydrogen) atoms. The van der Waals surface area contributed by atoms with Gasteiger partial charge < -0.3 is 10.2 Å². The SMILES string of the molecule is O=C(Nc1cccc2ncccc12)C1CC(=O)N(c2ccccc2Br)C1. The highest BCUT2D eigenvalue weighted by molar-refractivity contribution is 9.10. The van der Waals surface area contributed by atoms with Crippen LogP contribution in [0.2, 0.25) is 0 Å². The van der Waals surface area contributed by atoms with Gasteiger partial charge in [0, 0.05) is 29.0 Å². The molecule has 1 N–H and O–H groups in total. The highest BCUT2D eigenvalue weighted by Gasteiger charge is 2.35. The Bertz CT molecular complexity index is 1000. The highest BCUT2D eigenvalue weighted by Crippen LogP contribution is 2.32. The topological polar surface area (TPSA) is 62.3 Å². The van der Waals surface area contributed by atoms with Crippen LogP contribution in [0.4, 0.5) is 11.4 Å². The number of anilines is 2. The second-order valence-electron chi connectivity index (χ2n) is 6.22. The van der Waals surface area contributed by atoms with E-state index in [-0.39, 0.29) is 24.2 Å². The summed E-state index contributed by atoms with van der Waals surface area (Å²) in [5, 5.41) is 3.85. The smallest absolute Gasteiger partial charge is 0.229 e. The number of nitrogens with zero attached hydrogens (tertiary/aromatic N) is 2. The molecule has 5 nitrogen and oxygen atoms in total. The summed E-state index contributed by atoms with van der Waals surface area (Å²) in [6, 6.07) is 16.9. The molecule has 1 atom stereocenters. The number of hydrogen-bond donors (Lipinski definition) is 1. The summed E-state index contributed by atoms with van der Waals surface area (Å²) >= 11 is 3.47. The molecule has 1 aliphatic heterocycles. The monoisotopic (exact) mass is 409 g/mol. The fourth-order valence-electron chi connectivity index (χ4n) is 3.23. The molecule has 0 bridgehead atoms. The third-order valence-corrected chi connectivity index (χ3v) is 5.21. The Morgan fingerprint density at radius 3 is 2.81 bits per heavy atom. The van der Waals surface area contributed by atoms with E-state index in [4.69, 9.17) is 0 Å².